The van der Waals surface area contributed by atoms with Crippen LogP contribution >= 0.6 is 0 Å². The van der Waals surface area contributed by atoms with Crippen LogP contribution in [0.4, 0.5) is 10.1 Å². The fourth-order valence-electron chi connectivity index (χ4n) is 3.94. The average Bonchev–Trinajstić information content (AvgIpc) is 3.13. The molecule has 1 fully saturated rings. The van der Waals surface area contributed by atoms with Crippen molar-refractivity contribution in [2.45, 2.75) is 32.0 Å². The van der Waals surface area contributed by atoms with Gasteiger partial charge >= 0.3 is 0 Å². The standard InChI is InChI=1S/C24H20FN5O4/c25-22-14(2-5-18(27)17(22)10-26)3-7-20(31)28-11-13-1-4-16-15(9-13)12-30(24(16)34)19-6-8-21(32)29-23(19)33/h1-2,4-5,9-10,19,26H,6,8,11-12,27H2,(H,28,31)(H,29,32,33). The van der Waals surface area contributed by atoms with Gasteiger partial charge in [-0.2, -0.15) is 0 Å². The molecule has 0 radical (unpaired) electrons. The number of nitrogen functional groups attached to an aromatic ring is 1. The number of nitrogens with zero attached hydrogens (tertiary/aromatic N) is 1. The van der Waals surface area contributed by atoms with Gasteiger partial charge in [-0.25, -0.2) is 4.39 Å². The molecule has 2 aliphatic heterocycles. The monoisotopic (exact) mass is 461 g/mol. The molecule has 2 heterocycles. The molecule has 2 aromatic rings. The van der Waals surface area contributed by atoms with Crippen molar-refractivity contribution in [2.75, 3.05) is 5.73 Å². The maximum absolute atomic E-state index is 14.3. The summed E-state index contributed by atoms with van der Waals surface area (Å²) in [4.78, 5) is 49.8. The molecule has 2 aromatic carbocycles. The Kier molecular flexibility index (Phi) is 6.10. The first kappa shape index (κ1) is 22.7. The minimum absolute atomic E-state index is 0.0487. The fourth-order valence-corrected chi connectivity index (χ4v) is 3.94. The van der Waals surface area contributed by atoms with Crippen molar-refractivity contribution in [1.29, 1.82) is 5.41 Å². The van der Waals surface area contributed by atoms with E-state index < -0.39 is 23.7 Å². The molecule has 4 amide bonds. The van der Waals surface area contributed by atoms with Crippen LogP contribution in [0.5, 0.6) is 0 Å². The van der Waals surface area contributed by atoms with Gasteiger partial charge in [0.15, 0.2) is 0 Å². The number of anilines is 1. The largest absolute Gasteiger partial charge is 0.398 e. The number of piperidine rings is 1. The molecule has 0 bridgehead atoms. The summed E-state index contributed by atoms with van der Waals surface area (Å²) < 4.78 is 14.3. The minimum Gasteiger partial charge on any atom is -0.398 e. The van der Waals surface area contributed by atoms with Gasteiger partial charge < -0.3 is 21.4 Å². The molecule has 1 saturated heterocycles. The molecule has 9 nitrogen and oxygen atoms in total. The van der Waals surface area contributed by atoms with Crippen molar-refractivity contribution < 1.29 is 23.6 Å². The summed E-state index contributed by atoms with van der Waals surface area (Å²) >= 11 is 0. The summed E-state index contributed by atoms with van der Waals surface area (Å²) in [5.41, 5.74) is 7.48. The number of benzene rings is 2. The number of amides is 4. The van der Waals surface area contributed by atoms with E-state index in [9.17, 15) is 23.6 Å². The van der Waals surface area contributed by atoms with E-state index in [0.717, 1.165) is 17.3 Å². The number of halogens is 1. The van der Waals surface area contributed by atoms with Crippen LogP contribution in [-0.4, -0.2) is 40.8 Å². The number of imide groups is 1. The highest BCUT2D eigenvalue weighted by molar-refractivity contribution is 6.05. The lowest BCUT2D eigenvalue weighted by Gasteiger charge is -2.29. The summed E-state index contributed by atoms with van der Waals surface area (Å²) in [6.45, 7) is 0.358. The summed E-state index contributed by atoms with van der Waals surface area (Å²) in [7, 11) is 0. The van der Waals surface area contributed by atoms with Crippen LogP contribution in [-0.2, 0) is 27.5 Å². The van der Waals surface area contributed by atoms with E-state index in [0.29, 0.717) is 5.56 Å². The van der Waals surface area contributed by atoms with Crippen molar-refractivity contribution >= 4 is 35.5 Å². The summed E-state index contributed by atoms with van der Waals surface area (Å²) in [5.74, 6) is 2.25. The highest BCUT2D eigenvalue weighted by Gasteiger charge is 2.39. The van der Waals surface area contributed by atoms with E-state index in [4.69, 9.17) is 11.1 Å². The fraction of sp³-hybridized carbons (Fsp3) is 0.208. The van der Waals surface area contributed by atoms with Gasteiger partial charge in [0.05, 0.1) is 11.1 Å². The predicted octanol–water partition coefficient (Wildman–Crippen LogP) is 0.834. The van der Waals surface area contributed by atoms with E-state index in [1.54, 1.807) is 18.2 Å². The van der Waals surface area contributed by atoms with Gasteiger partial charge in [0, 0.05) is 42.9 Å². The second-order valence-corrected chi connectivity index (χ2v) is 7.90. The van der Waals surface area contributed by atoms with Gasteiger partial charge in [0.25, 0.3) is 11.8 Å². The Morgan fingerprint density at radius 3 is 2.82 bits per heavy atom. The number of hydrogen-bond donors (Lipinski definition) is 4. The second-order valence-electron chi connectivity index (χ2n) is 7.90. The van der Waals surface area contributed by atoms with Crippen LogP contribution in [0.15, 0.2) is 30.3 Å². The lowest BCUT2D eigenvalue weighted by Crippen LogP contribution is -2.52. The molecule has 0 aliphatic carbocycles. The molecule has 2 aliphatic rings. The number of fused-ring (bicyclic) bond motifs is 1. The van der Waals surface area contributed by atoms with E-state index in [2.05, 4.69) is 22.5 Å². The van der Waals surface area contributed by atoms with E-state index in [1.807, 2.05) is 0 Å². The van der Waals surface area contributed by atoms with Gasteiger partial charge in [0.1, 0.15) is 11.9 Å². The number of carbonyl (C=O) groups is 4. The molecule has 4 rings (SSSR count). The minimum atomic E-state index is -0.765. The highest BCUT2D eigenvalue weighted by Crippen LogP contribution is 2.28. The summed E-state index contributed by atoms with van der Waals surface area (Å²) in [6, 6.07) is 7.15. The zero-order valence-corrected chi connectivity index (χ0v) is 17.9. The Bertz CT molecular complexity index is 1310. The zero-order chi connectivity index (χ0) is 24.4. The van der Waals surface area contributed by atoms with Crippen LogP contribution < -0.4 is 16.4 Å². The maximum Gasteiger partial charge on any atom is 0.296 e. The van der Waals surface area contributed by atoms with Gasteiger partial charge in [-0.1, -0.05) is 18.1 Å². The van der Waals surface area contributed by atoms with Gasteiger partial charge in [-0.15, -0.1) is 0 Å². The van der Waals surface area contributed by atoms with Crippen molar-refractivity contribution in [3.8, 4) is 11.8 Å². The van der Waals surface area contributed by atoms with Gasteiger partial charge in [-0.3, -0.25) is 24.5 Å². The van der Waals surface area contributed by atoms with Crippen molar-refractivity contribution in [3.63, 3.8) is 0 Å². The molecule has 1 unspecified atom stereocenters. The van der Waals surface area contributed by atoms with Crippen LogP contribution in [0.1, 0.15) is 45.5 Å². The molecule has 1 atom stereocenters. The Morgan fingerprint density at radius 2 is 2.09 bits per heavy atom. The van der Waals surface area contributed by atoms with Crippen LogP contribution in [0.3, 0.4) is 0 Å². The Balaban J connectivity index is 1.40. The number of nitrogens with two attached hydrogens (primary N) is 1. The second kappa shape index (κ2) is 9.15. The normalized spacial score (nSPS) is 16.9. The van der Waals surface area contributed by atoms with Crippen LogP contribution in [0, 0.1) is 23.1 Å². The molecule has 0 saturated carbocycles. The lowest BCUT2D eigenvalue weighted by molar-refractivity contribution is -0.137. The maximum atomic E-state index is 14.3. The highest BCUT2D eigenvalue weighted by atomic mass is 19.1. The van der Waals surface area contributed by atoms with E-state index in [-0.39, 0.29) is 54.6 Å². The van der Waals surface area contributed by atoms with Crippen molar-refractivity contribution in [3.05, 3.63) is 64.0 Å². The van der Waals surface area contributed by atoms with E-state index in [1.165, 1.54) is 17.0 Å². The number of hydrogen-bond acceptors (Lipinski definition) is 6. The smallest absolute Gasteiger partial charge is 0.296 e. The molecule has 172 valence electrons. The Hall–Kier alpha value is -4.52. The molecule has 10 heteroatoms. The number of nitrogens with one attached hydrogen (secondary N) is 3. The van der Waals surface area contributed by atoms with E-state index >= 15 is 0 Å². The average molecular weight is 461 g/mol. The molecule has 34 heavy (non-hydrogen) atoms. The lowest BCUT2D eigenvalue weighted by atomic mass is 10.0. The quantitative estimate of drug-likeness (QED) is 0.231. The number of carbonyl (C=O) groups excluding carboxylic acids is 4. The Morgan fingerprint density at radius 1 is 1.29 bits per heavy atom. The molecular weight excluding hydrogens is 441 g/mol. The Labute approximate surface area is 194 Å². The first-order valence-electron chi connectivity index (χ1n) is 10.4. The molecule has 0 aromatic heterocycles. The third-order valence-electron chi connectivity index (χ3n) is 5.71. The predicted molar refractivity (Wildman–Crippen MR) is 120 cm³/mol. The number of rotatable bonds is 4. The van der Waals surface area contributed by atoms with Crippen molar-refractivity contribution in [2.24, 2.45) is 0 Å². The first-order chi connectivity index (χ1) is 16.3. The van der Waals surface area contributed by atoms with Gasteiger partial charge in [-0.05, 0) is 35.7 Å². The zero-order valence-electron chi connectivity index (χ0n) is 17.9. The topological polar surface area (TPSA) is 145 Å². The molecular formula is C24H20FN5O4. The molecule has 5 N–H and O–H groups in total. The van der Waals surface area contributed by atoms with Crippen LogP contribution in [0.25, 0.3) is 0 Å². The SMILES string of the molecule is N=Cc1c(N)ccc(C#CC(=O)NCc2ccc3c(c2)CN(C2CCC(=O)NC2=O)C3=O)c1F. The van der Waals surface area contributed by atoms with Crippen LogP contribution in [0.2, 0.25) is 0 Å². The van der Waals surface area contributed by atoms with Gasteiger partial charge in [0.2, 0.25) is 11.8 Å². The summed E-state index contributed by atoms with van der Waals surface area (Å²) in [5, 5.41) is 12.1. The first-order valence-corrected chi connectivity index (χ1v) is 10.4. The third kappa shape index (κ3) is 4.36. The summed E-state index contributed by atoms with van der Waals surface area (Å²) in [6.07, 6.45) is 1.25. The third-order valence-corrected chi connectivity index (χ3v) is 5.71. The molecule has 0 spiro atoms. The van der Waals surface area contributed by atoms with Crippen molar-refractivity contribution in [1.82, 2.24) is 15.5 Å².